The Morgan fingerprint density at radius 3 is 2.56 bits per heavy atom. The Morgan fingerprint density at radius 2 is 1.88 bits per heavy atom. The number of hydrogen-bond acceptors (Lipinski definition) is 4. The lowest BCUT2D eigenvalue weighted by molar-refractivity contribution is -0.131. The van der Waals surface area contributed by atoms with Crippen molar-refractivity contribution in [3.8, 4) is 0 Å². The van der Waals surface area contributed by atoms with Gasteiger partial charge >= 0.3 is 5.97 Å². The predicted octanol–water partition coefficient (Wildman–Crippen LogP) is 4.08. The van der Waals surface area contributed by atoms with Crippen LogP contribution in [0.1, 0.15) is 17.8 Å². The first-order chi connectivity index (χ1) is 15.3. The smallest absolute Gasteiger partial charge is 0.328 e. The zero-order valence-electron chi connectivity index (χ0n) is 16.6. The molecule has 0 saturated carbocycles. The van der Waals surface area contributed by atoms with Crippen molar-refractivity contribution in [2.45, 2.75) is 17.9 Å². The molecule has 0 radical (unpaired) electrons. The fraction of sp³-hybridized carbons (Fsp3) is 0.130. The molecule has 162 valence electrons. The summed E-state index contributed by atoms with van der Waals surface area (Å²) in [7, 11) is 0. The molecule has 32 heavy (non-hydrogen) atoms. The Balaban J connectivity index is 1.80. The number of rotatable bonds is 5. The molecule has 2 aromatic carbocycles. The van der Waals surface area contributed by atoms with Crippen molar-refractivity contribution >= 4 is 63.3 Å². The van der Waals surface area contributed by atoms with Crippen molar-refractivity contribution in [2.24, 2.45) is 0 Å². The molecule has 0 saturated heterocycles. The van der Waals surface area contributed by atoms with Gasteiger partial charge in [-0.15, -0.1) is 0 Å². The highest BCUT2D eigenvalue weighted by atomic mass is 35.5. The second-order valence-corrected chi connectivity index (χ2v) is 8.13. The minimum Gasteiger partial charge on any atom is -0.478 e. The number of carboxylic acids is 1. The zero-order chi connectivity index (χ0) is 22.8. The molecule has 7 nitrogen and oxygen atoms in total. The van der Waals surface area contributed by atoms with Crippen molar-refractivity contribution in [1.82, 2.24) is 9.55 Å². The van der Waals surface area contributed by atoms with E-state index in [1.807, 2.05) is 36.4 Å². The molecule has 1 amide bonds. The van der Waals surface area contributed by atoms with Crippen LogP contribution in [0.2, 0.25) is 0 Å². The number of benzene rings is 2. The van der Waals surface area contributed by atoms with E-state index in [2.05, 4.69) is 4.98 Å². The summed E-state index contributed by atoms with van der Waals surface area (Å²) in [6.45, 7) is 0.535. The molecule has 0 bridgehead atoms. The van der Waals surface area contributed by atoms with Crippen LogP contribution < -0.4 is 10.5 Å². The van der Waals surface area contributed by atoms with Gasteiger partial charge in [-0.3, -0.25) is 19.1 Å². The summed E-state index contributed by atoms with van der Waals surface area (Å²) in [6, 6.07) is 14.4. The number of nitrogens with zero attached hydrogens (tertiary/aromatic N) is 3. The van der Waals surface area contributed by atoms with Crippen molar-refractivity contribution in [2.75, 3.05) is 4.90 Å². The molecule has 1 aliphatic rings. The topological polar surface area (TPSA) is 92.5 Å². The average molecular weight is 470 g/mol. The van der Waals surface area contributed by atoms with E-state index in [1.165, 1.54) is 6.07 Å². The van der Waals surface area contributed by atoms with E-state index in [-0.39, 0.29) is 11.2 Å². The van der Waals surface area contributed by atoms with Crippen LogP contribution in [0.25, 0.3) is 22.6 Å². The second-order valence-electron chi connectivity index (χ2n) is 7.08. The standard InChI is InChI=1S/C23H17Cl2N3O4/c24-23(25)28(19(29)8-9-20(30)31)16-6-7-17-18(13-16)26-21-15(10-11-27(21)22(17)32)12-14-4-2-1-3-5-14/h1-9,12-13,23H,10-11H2,(H,30,31)/b9-8-,15-12?. The average Bonchev–Trinajstić information content (AvgIpc) is 3.15. The number of anilines is 1. The van der Waals surface area contributed by atoms with Gasteiger partial charge in [0, 0.05) is 24.4 Å². The summed E-state index contributed by atoms with van der Waals surface area (Å²) >= 11 is 11.9. The number of aliphatic carboxylic acids is 1. The minimum atomic E-state index is -1.28. The van der Waals surface area contributed by atoms with Crippen molar-refractivity contribution in [3.05, 3.63) is 82.4 Å². The molecule has 0 unspecified atom stereocenters. The van der Waals surface area contributed by atoms with Gasteiger partial charge in [0.1, 0.15) is 5.82 Å². The third-order valence-electron chi connectivity index (χ3n) is 5.05. The quantitative estimate of drug-likeness (QED) is 0.345. The Hall–Kier alpha value is -3.42. The van der Waals surface area contributed by atoms with Gasteiger partial charge in [0.15, 0.2) is 4.96 Å². The summed E-state index contributed by atoms with van der Waals surface area (Å²) in [4.78, 5) is 40.6. The SMILES string of the molecule is O=C(O)/C=C\C(=O)N(c1ccc2c(=O)n3c(nc2c1)C(=Cc1ccccc1)CC3)C(Cl)Cl. The van der Waals surface area contributed by atoms with Gasteiger partial charge in [0.2, 0.25) is 0 Å². The van der Waals surface area contributed by atoms with Gasteiger partial charge in [-0.2, -0.15) is 0 Å². The van der Waals surface area contributed by atoms with Gasteiger partial charge in [0.25, 0.3) is 11.5 Å². The molecule has 1 aromatic heterocycles. The third kappa shape index (κ3) is 4.30. The first-order valence-electron chi connectivity index (χ1n) is 9.68. The van der Waals surface area contributed by atoms with E-state index in [9.17, 15) is 14.4 Å². The Bertz CT molecular complexity index is 1330. The highest BCUT2D eigenvalue weighted by molar-refractivity contribution is 6.47. The molecule has 9 heteroatoms. The van der Waals surface area contributed by atoms with E-state index in [0.717, 1.165) is 22.1 Å². The molecule has 0 fully saturated rings. The Morgan fingerprint density at radius 1 is 1.12 bits per heavy atom. The lowest BCUT2D eigenvalue weighted by atomic mass is 10.1. The van der Waals surface area contributed by atoms with Gasteiger partial charge in [-0.1, -0.05) is 53.5 Å². The maximum absolute atomic E-state index is 13.0. The number of halogens is 2. The fourth-order valence-corrected chi connectivity index (χ4v) is 4.02. The first kappa shape index (κ1) is 21.8. The summed E-state index contributed by atoms with van der Waals surface area (Å²) in [5.74, 6) is -1.43. The van der Waals surface area contributed by atoms with Crippen LogP contribution in [0.3, 0.4) is 0 Å². The number of fused-ring (bicyclic) bond motifs is 2. The van der Waals surface area contributed by atoms with Crippen LogP contribution in [-0.2, 0) is 16.1 Å². The van der Waals surface area contributed by atoms with E-state index in [1.54, 1.807) is 16.7 Å². The van der Waals surface area contributed by atoms with Gasteiger partial charge < -0.3 is 5.11 Å². The molecule has 0 atom stereocenters. The van der Waals surface area contributed by atoms with E-state index < -0.39 is 16.8 Å². The summed E-state index contributed by atoms with van der Waals surface area (Å²) in [6.07, 6.45) is 4.23. The normalized spacial score (nSPS) is 14.4. The van der Waals surface area contributed by atoms with Crippen LogP contribution in [0.5, 0.6) is 0 Å². The van der Waals surface area contributed by atoms with Crippen molar-refractivity contribution in [1.29, 1.82) is 0 Å². The minimum absolute atomic E-state index is 0.176. The number of carbonyl (C=O) groups is 2. The summed E-state index contributed by atoms with van der Waals surface area (Å²) < 4.78 is 1.64. The van der Waals surface area contributed by atoms with Crippen LogP contribution >= 0.6 is 23.2 Å². The molecule has 1 aliphatic heterocycles. The molecule has 0 aliphatic carbocycles. The Labute approximate surface area is 192 Å². The first-order valence-corrected chi connectivity index (χ1v) is 10.6. The van der Waals surface area contributed by atoms with Gasteiger partial charge in [-0.25, -0.2) is 9.78 Å². The summed E-state index contributed by atoms with van der Waals surface area (Å²) in [5, 5.41) is 9.17. The highest BCUT2D eigenvalue weighted by Gasteiger charge is 2.24. The van der Waals surface area contributed by atoms with Crippen LogP contribution in [0.15, 0.2) is 65.5 Å². The van der Waals surface area contributed by atoms with Gasteiger partial charge in [0.05, 0.1) is 10.9 Å². The zero-order valence-corrected chi connectivity index (χ0v) is 18.1. The van der Waals surface area contributed by atoms with E-state index in [0.29, 0.717) is 35.8 Å². The monoisotopic (exact) mass is 469 g/mol. The molecule has 4 rings (SSSR count). The number of amides is 1. The number of hydrogen-bond donors (Lipinski definition) is 1. The molecule has 2 heterocycles. The second kappa shape index (κ2) is 8.98. The predicted molar refractivity (Wildman–Crippen MR) is 125 cm³/mol. The van der Waals surface area contributed by atoms with Crippen molar-refractivity contribution < 1.29 is 14.7 Å². The van der Waals surface area contributed by atoms with Crippen LogP contribution in [0, 0.1) is 0 Å². The molecule has 1 N–H and O–H groups in total. The maximum Gasteiger partial charge on any atom is 0.328 e. The Kier molecular flexibility index (Phi) is 6.12. The van der Waals surface area contributed by atoms with Crippen molar-refractivity contribution in [3.63, 3.8) is 0 Å². The van der Waals surface area contributed by atoms with E-state index in [4.69, 9.17) is 28.3 Å². The van der Waals surface area contributed by atoms with Crippen LogP contribution in [-0.4, -0.2) is 31.5 Å². The number of aromatic nitrogens is 2. The number of carbonyl (C=O) groups excluding carboxylic acids is 1. The van der Waals surface area contributed by atoms with Gasteiger partial charge in [-0.05, 0) is 41.8 Å². The largest absolute Gasteiger partial charge is 0.478 e. The molecule has 3 aromatic rings. The summed E-state index contributed by atoms with van der Waals surface area (Å²) in [5.41, 5.74) is 2.44. The molecule has 0 spiro atoms. The third-order valence-corrected chi connectivity index (χ3v) is 5.44. The van der Waals surface area contributed by atoms with E-state index >= 15 is 0 Å². The lowest BCUT2D eigenvalue weighted by Crippen LogP contribution is -2.33. The molecular weight excluding hydrogens is 453 g/mol. The molecular formula is C23H17Cl2N3O4. The fourth-order valence-electron chi connectivity index (χ4n) is 3.60. The number of allylic oxidation sites excluding steroid dienone is 1. The number of alkyl halides is 2. The van der Waals surface area contributed by atoms with Crippen LogP contribution in [0.4, 0.5) is 5.69 Å². The maximum atomic E-state index is 13.0. The lowest BCUT2D eigenvalue weighted by Gasteiger charge is -2.22. The highest BCUT2D eigenvalue weighted by Crippen LogP contribution is 2.30. The number of carboxylic acid groups (broad SMARTS) is 1.